The van der Waals surface area contributed by atoms with Crippen LogP contribution < -0.4 is 5.32 Å². The van der Waals surface area contributed by atoms with E-state index in [9.17, 15) is 4.39 Å². The van der Waals surface area contributed by atoms with E-state index in [0.29, 0.717) is 5.92 Å². The third-order valence-electron chi connectivity index (χ3n) is 2.92. The minimum absolute atomic E-state index is 0.174. The van der Waals surface area contributed by atoms with E-state index in [0.717, 1.165) is 24.0 Å². The summed E-state index contributed by atoms with van der Waals surface area (Å²) in [5.74, 6) is 0.521. The van der Waals surface area contributed by atoms with Gasteiger partial charge in [0.2, 0.25) is 0 Å². The van der Waals surface area contributed by atoms with Gasteiger partial charge in [-0.25, -0.2) is 4.39 Å². The van der Waals surface area contributed by atoms with Gasteiger partial charge in [0.15, 0.2) is 0 Å². The van der Waals surface area contributed by atoms with Crippen LogP contribution in [0.4, 0.5) is 4.39 Å². The van der Waals surface area contributed by atoms with Crippen LogP contribution in [0, 0.1) is 11.7 Å². The number of hydrogen-bond donors (Lipinski definition) is 1. The highest BCUT2D eigenvalue weighted by atomic mass is 79.9. The summed E-state index contributed by atoms with van der Waals surface area (Å²) in [5.41, 5.74) is 1.21. The van der Waals surface area contributed by atoms with Crippen molar-refractivity contribution in [1.82, 2.24) is 5.32 Å². The first-order valence-electron chi connectivity index (χ1n) is 5.40. The van der Waals surface area contributed by atoms with Crippen LogP contribution >= 0.6 is 15.9 Å². The molecule has 0 saturated carbocycles. The Bertz CT molecular complexity index is 334. The third kappa shape index (κ3) is 3.02. The molecule has 2 rings (SSSR count). The monoisotopic (exact) mass is 271 g/mol. The van der Waals surface area contributed by atoms with E-state index in [2.05, 4.69) is 21.2 Å². The van der Waals surface area contributed by atoms with E-state index in [1.54, 1.807) is 6.07 Å². The van der Waals surface area contributed by atoms with Crippen molar-refractivity contribution in [3.63, 3.8) is 0 Å². The Hall–Kier alpha value is -0.410. The number of hydrogen-bond acceptors (Lipinski definition) is 1. The standard InChI is InChI=1S/C12H15BrFN/c13-12-7-11(14)4-3-10(12)6-9-2-1-5-15-8-9/h3-4,7,9,15H,1-2,5-6,8H2. The highest BCUT2D eigenvalue weighted by Crippen LogP contribution is 2.23. The van der Waals surface area contributed by atoms with Crippen molar-refractivity contribution in [3.05, 3.63) is 34.1 Å². The van der Waals surface area contributed by atoms with Crippen LogP contribution in [-0.2, 0) is 6.42 Å². The summed E-state index contributed by atoms with van der Waals surface area (Å²) < 4.78 is 13.8. The van der Waals surface area contributed by atoms with Gasteiger partial charge in [-0.05, 0) is 56.0 Å². The Balaban J connectivity index is 2.03. The number of rotatable bonds is 2. The average Bonchev–Trinajstić information content (AvgIpc) is 2.24. The normalized spacial score (nSPS) is 21.6. The molecule has 0 amide bonds. The fraction of sp³-hybridized carbons (Fsp3) is 0.500. The van der Waals surface area contributed by atoms with Crippen LogP contribution in [0.5, 0.6) is 0 Å². The summed E-state index contributed by atoms with van der Waals surface area (Å²) >= 11 is 3.41. The number of benzene rings is 1. The Morgan fingerprint density at radius 2 is 2.33 bits per heavy atom. The predicted octanol–water partition coefficient (Wildman–Crippen LogP) is 3.13. The van der Waals surface area contributed by atoms with Crippen LogP contribution in [0.15, 0.2) is 22.7 Å². The maximum Gasteiger partial charge on any atom is 0.124 e. The van der Waals surface area contributed by atoms with E-state index in [4.69, 9.17) is 0 Å². The lowest BCUT2D eigenvalue weighted by Gasteiger charge is -2.23. The first-order chi connectivity index (χ1) is 7.25. The summed E-state index contributed by atoms with van der Waals surface area (Å²) in [6.07, 6.45) is 3.56. The molecular formula is C12H15BrFN. The molecule has 82 valence electrons. The van der Waals surface area contributed by atoms with Crippen LogP contribution in [0.1, 0.15) is 18.4 Å². The lowest BCUT2D eigenvalue weighted by molar-refractivity contribution is 0.375. The summed E-state index contributed by atoms with van der Waals surface area (Å²) in [5, 5.41) is 3.40. The molecule has 1 heterocycles. The van der Waals surface area contributed by atoms with Gasteiger partial charge in [-0.2, -0.15) is 0 Å². The zero-order valence-electron chi connectivity index (χ0n) is 8.60. The van der Waals surface area contributed by atoms with Crippen molar-refractivity contribution in [1.29, 1.82) is 0 Å². The second-order valence-electron chi connectivity index (χ2n) is 4.15. The third-order valence-corrected chi connectivity index (χ3v) is 3.66. The Morgan fingerprint density at radius 3 is 3.00 bits per heavy atom. The Kier molecular flexibility index (Phi) is 3.76. The Morgan fingerprint density at radius 1 is 1.47 bits per heavy atom. The fourth-order valence-corrected chi connectivity index (χ4v) is 2.61. The quantitative estimate of drug-likeness (QED) is 0.872. The van der Waals surface area contributed by atoms with Crippen LogP contribution in [0.25, 0.3) is 0 Å². The van der Waals surface area contributed by atoms with Crippen molar-refractivity contribution in [3.8, 4) is 0 Å². The van der Waals surface area contributed by atoms with Gasteiger partial charge < -0.3 is 5.32 Å². The molecule has 0 bridgehead atoms. The van der Waals surface area contributed by atoms with Gasteiger partial charge in [0.05, 0.1) is 0 Å². The molecule has 0 radical (unpaired) electrons. The average molecular weight is 272 g/mol. The van der Waals surface area contributed by atoms with Crippen molar-refractivity contribution in [2.24, 2.45) is 5.92 Å². The molecule has 1 nitrogen and oxygen atoms in total. The topological polar surface area (TPSA) is 12.0 Å². The summed E-state index contributed by atoms with van der Waals surface area (Å²) in [4.78, 5) is 0. The predicted molar refractivity (Wildman–Crippen MR) is 63.4 cm³/mol. The lowest BCUT2D eigenvalue weighted by atomic mass is 9.92. The zero-order chi connectivity index (χ0) is 10.7. The highest BCUT2D eigenvalue weighted by Gasteiger charge is 2.14. The first kappa shape index (κ1) is 11.1. The molecule has 1 atom stereocenters. The van der Waals surface area contributed by atoms with E-state index in [-0.39, 0.29) is 5.82 Å². The SMILES string of the molecule is Fc1ccc(CC2CCCNC2)c(Br)c1. The van der Waals surface area contributed by atoms with Crippen LogP contribution in [0.2, 0.25) is 0 Å². The van der Waals surface area contributed by atoms with Crippen LogP contribution in [0.3, 0.4) is 0 Å². The van der Waals surface area contributed by atoms with E-state index < -0.39 is 0 Å². The molecular weight excluding hydrogens is 257 g/mol. The molecule has 0 aromatic heterocycles. The maximum atomic E-state index is 12.9. The second-order valence-corrected chi connectivity index (χ2v) is 5.01. The minimum Gasteiger partial charge on any atom is -0.316 e. The smallest absolute Gasteiger partial charge is 0.124 e. The first-order valence-corrected chi connectivity index (χ1v) is 6.19. The largest absolute Gasteiger partial charge is 0.316 e. The van der Waals surface area contributed by atoms with Gasteiger partial charge in [0, 0.05) is 4.47 Å². The molecule has 3 heteroatoms. The van der Waals surface area contributed by atoms with Crippen molar-refractivity contribution < 1.29 is 4.39 Å². The molecule has 1 aromatic rings. The Labute approximate surface area is 98.2 Å². The van der Waals surface area contributed by atoms with Gasteiger partial charge >= 0.3 is 0 Å². The second kappa shape index (κ2) is 5.08. The molecule has 0 spiro atoms. The summed E-state index contributed by atoms with van der Waals surface area (Å²) in [6.45, 7) is 2.23. The highest BCUT2D eigenvalue weighted by molar-refractivity contribution is 9.10. The van der Waals surface area contributed by atoms with Gasteiger partial charge in [-0.3, -0.25) is 0 Å². The molecule has 1 aliphatic heterocycles. The molecule has 1 saturated heterocycles. The number of nitrogens with one attached hydrogen (secondary N) is 1. The van der Waals surface area contributed by atoms with E-state index in [1.165, 1.54) is 24.5 Å². The lowest BCUT2D eigenvalue weighted by Crippen LogP contribution is -2.30. The molecule has 1 fully saturated rings. The van der Waals surface area contributed by atoms with Gasteiger partial charge in [0.25, 0.3) is 0 Å². The van der Waals surface area contributed by atoms with Gasteiger partial charge in [-0.1, -0.05) is 22.0 Å². The number of halogens is 2. The van der Waals surface area contributed by atoms with Crippen molar-refractivity contribution in [2.45, 2.75) is 19.3 Å². The molecule has 1 N–H and O–H groups in total. The van der Waals surface area contributed by atoms with Crippen molar-refractivity contribution in [2.75, 3.05) is 13.1 Å². The fourth-order valence-electron chi connectivity index (χ4n) is 2.10. The summed E-state index contributed by atoms with van der Waals surface area (Å²) in [6, 6.07) is 4.97. The molecule has 1 aliphatic rings. The zero-order valence-corrected chi connectivity index (χ0v) is 10.2. The van der Waals surface area contributed by atoms with Gasteiger partial charge in [-0.15, -0.1) is 0 Å². The summed E-state index contributed by atoms with van der Waals surface area (Å²) in [7, 11) is 0. The number of piperidine rings is 1. The molecule has 0 aliphatic carbocycles. The van der Waals surface area contributed by atoms with Crippen molar-refractivity contribution >= 4 is 15.9 Å². The minimum atomic E-state index is -0.174. The molecule has 1 unspecified atom stereocenters. The van der Waals surface area contributed by atoms with Crippen LogP contribution in [-0.4, -0.2) is 13.1 Å². The molecule has 15 heavy (non-hydrogen) atoms. The molecule has 1 aromatic carbocycles. The maximum absolute atomic E-state index is 12.9. The van der Waals surface area contributed by atoms with Gasteiger partial charge in [0.1, 0.15) is 5.82 Å². The van der Waals surface area contributed by atoms with E-state index in [1.807, 2.05) is 6.07 Å². The van der Waals surface area contributed by atoms with E-state index >= 15 is 0 Å².